The molecule has 1 aromatic rings. The fourth-order valence-corrected chi connectivity index (χ4v) is 4.37. The number of nitro benzene ring substituents is 1. The summed E-state index contributed by atoms with van der Waals surface area (Å²) in [6.45, 7) is 0. The predicted molar refractivity (Wildman–Crippen MR) is 66.9 cm³/mol. The Balaban J connectivity index is 3.55. The summed E-state index contributed by atoms with van der Waals surface area (Å²) in [6, 6.07) is 2.40. The summed E-state index contributed by atoms with van der Waals surface area (Å²) < 4.78 is 45.8. The standard InChI is InChI=1S/C8H10N2O7S2/c1-18(14,15)10(19(2,16)17)7-4-3-6(9(12)13)5-8(7)11/h3-5,11H,1-2H3. The van der Waals surface area contributed by atoms with Crippen LogP contribution in [-0.4, -0.2) is 39.4 Å². The van der Waals surface area contributed by atoms with Gasteiger partial charge in [-0.05, 0) is 6.07 Å². The van der Waals surface area contributed by atoms with Crippen LogP contribution >= 0.6 is 0 Å². The van der Waals surface area contributed by atoms with Crippen LogP contribution in [0.15, 0.2) is 18.2 Å². The lowest BCUT2D eigenvalue weighted by Gasteiger charge is -2.20. The van der Waals surface area contributed by atoms with E-state index >= 15 is 0 Å². The van der Waals surface area contributed by atoms with Crippen molar-refractivity contribution in [2.75, 3.05) is 16.2 Å². The Kier molecular flexibility index (Phi) is 3.72. The number of benzene rings is 1. The minimum Gasteiger partial charge on any atom is -0.505 e. The maximum atomic E-state index is 11.5. The molecule has 0 aliphatic carbocycles. The monoisotopic (exact) mass is 310 g/mol. The molecular weight excluding hydrogens is 300 g/mol. The van der Waals surface area contributed by atoms with Crippen LogP contribution in [0.5, 0.6) is 5.75 Å². The van der Waals surface area contributed by atoms with Crippen LogP contribution < -0.4 is 3.71 Å². The van der Waals surface area contributed by atoms with Crippen molar-refractivity contribution in [1.82, 2.24) is 0 Å². The normalized spacial score (nSPS) is 12.1. The first-order valence-corrected chi connectivity index (χ1v) is 8.32. The van der Waals surface area contributed by atoms with E-state index in [0.717, 1.165) is 12.1 Å². The summed E-state index contributed by atoms with van der Waals surface area (Å²) in [5.41, 5.74) is -1.07. The number of non-ortho nitro benzene ring substituents is 1. The quantitative estimate of drug-likeness (QED) is 0.612. The van der Waals surface area contributed by atoms with Gasteiger partial charge < -0.3 is 5.11 Å². The van der Waals surface area contributed by atoms with E-state index in [1.54, 1.807) is 0 Å². The third-order valence-electron chi connectivity index (χ3n) is 1.97. The third-order valence-corrected chi connectivity index (χ3v) is 5.19. The molecule has 106 valence electrons. The molecule has 0 aliphatic rings. The number of nitro groups is 1. The highest BCUT2D eigenvalue weighted by atomic mass is 32.3. The third kappa shape index (κ3) is 3.32. The molecule has 0 radical (unpaired) electrons. The van der Waals surface area contributed by atoms with Crippen LogP contribution in [0, 0.1) is 10.1 Å². The van der Waals surface area contributed by atoms with Gasteiger partial charge in [-0.25, -0.2) is 16.8 Å². The van der Waals surface area contributed by atoms with Crippen molar-refractivity contribution in [3.8, 4) is 5.75 Å². The Morgan fingerprint density at radius 1 is 1.16 bits per heavy atom. The van der Waals surface area contributed by atoms with E-state index in [-0.39, 0.29) is 3.71 Å². The Labute approximate surface area is 109 Å². The first-order valence-electron chi connectivity index (χ1n) is 4.62. The van der Waals surface area contributed by atoms with E-state index in [2.05, 4.69) is 0 Å². The molecule has 9 nitrogen and oxygen atoms in total. The number of nitrogens with zero attached hydrogens (tertiary/aromatic N) is 2. The largest absolute Gasteiger partial charge is 0.505 e. The van der Waals surface area contributed by atoms with Crippen molar-refractivity contribution >= 4 is 31.4 Å². The summed E-state index contributed by atoms with van der Waals surface area (Å²) >= 11 is 0. The average Bonchev–Trinajstić information content (AvgIpc) is 2.16. The van der Waals surface area contributed by atoms with Crippen molar-refractivity contribution < 1.29 is 26.9 Å². The number of phenols is 1. The number of sulfonamides is 2. The molecule has 0 bridgehead atoms. The zero-order valence-corrected chi connectivity index (χ0v) is 11.5. The Morgan fingerprint density at radius 3 is 1.95 bits per heavy atom. The van der Waals surface area contributed by atoms with Gasteiger partial charge in [-0.3, -0.25) is 10.1 Å². The van der Waals surface area contributed by atoms with Gasteiger partial charge in [-0.2, -0.15) is 3.71 Å². The summed E-state index contributed by atoms with van der Waals surface area (Å²) in [5.74, 6) is -0.829. The lowest BCUT2D eigenvalue weighted by molar-refractivity contribution is -0.384. The highest BCUT2D eigenvalue weighted by molar-refractivity contribution is 8.09. The summed E-state index contributed by atoms with van der Waals surface area (Å²) in [5, 5.41) is 20.0. The molecule has 0 unspecified atom stereocenters. The van der Waals surface area contributed by atoms with Gasteiger partial charge in [-0.15, -0.1) is 0 Å². The molecular formula is C8H10N2O7S2. The van der Waals surface area contributed by atoms with Gasteiger partial charge in [0.25, 0.3) is 5.69 Å². The molecule has 1 aromatic carbocycles. The number of aromatic hydroxyl groups is 1. The smallest absolute Gasteiger partial charge is 0.273 e. The molecule has 0 fully saturated rings. The molecule has 1 N–H and O–H groups in total. The van der Waals surface area contributed by atoms with E-state index in [9.17, 15) is 32.1 Å². The van der Waals surface area contributed by atoms with Crippen LogP contribution in [0.1, 0.15) is 0 Å². The van der Waals surface area contributed by atoms with E-state index < -0.39 is 42.1 Å². The number of anilines is 1. The van der Waals surface area contributed by atoms with Crippen LogP contribution in [0.25, 0.3) is 0 Å². The van der Waals surface area contributed by atoms with Gasteiger partial charge in [0.05, 0.1) is 23.5 Å². The lowest BCUT2D eigenvalue weighted by Crippen LogP contribution is -2.35. The number of rotatable bonds is 4. The van der Waals surface area contributed by atoms with E-state index in [1.807, 2.05) is 0 Å². The fraction of sp³-hybridized carbons (Fsp3) is 0.250. The molecule has 0 spiro atoms. The molecule has 0 saturated heterocycles. The minimum absolute atomic E-state index is 0.000933. The van der Waals surface area contributed by atoms with Crippen molar-refractivity contribution in [2.24, 2.45) is 0 Å². The highest BCUT2D eigenvalue weighted by Gasteiger charge is 2.30. The number of phenolic OH excluding ortho intramolecular Hbond substituents is 1. The van der Waals surface area contributed by atoms with Crippen molar-refractivity contribution in [3.63, 3.8) is 0 Å². The summed E-state index contributed by atoms with van der Waals surface area (Å²) in [6.07, 6.45) is 1.27. The van der Waals surface area contributed by atoms with Crippen LogP contribution in [0.2, 0.25) is 0 Å². The number of hydrogen-bond donors (Lipinski definition) is 1. The maximum Gasteiger partial charge on any atom is 0.273 e. The Morgan fingerprint density at radius 2 is 1.63 bits per heavy atom. The summed E-state index contributed by atoms with van der Waals surface area (Å²) in [4.78, 5) is 9.66. The van der Waals surface area contributed by atoms with Gasteiger partial charge >= 0.3 is 0 Å². The molecule has 1 rings (SSSR count). The molecule has 0 aromatic heterocycles. The second kappa shape index (κ2) is 4.66. The lowest BCUT2D eigenvalue weighted by atomic mass is 10.2. The molecule has 0 amide bonds. The second-order valence-corrected chi connectivity index (χ2v) is 7.55. The number of hydrogen-bond acceptors (Lipinski definition) is 7. The van der Waals surface area contributed by atoms with Crippen molar-refractivity contribution in [2.45, 2.75) is 0 Å². The van der Waals surface area contributed by atoms with Gasteiger partial charge in [-0.1, -0.05) is 0 Å². The zero-order valence-electron chi connectivity index (χ0n) is 9.84. The van der Waals surface area contributed by atoms with Crippen LogP contribution in [0.4, 0.5) is 11.4 Å². The second-order valence-electron chi connectivity index (χ2n) is 3.65. The SMILES string of the molecule is CS(=O)(=O)N(c1ccc([N+](=O)[O-])cc1O)S(C)(=O)=O. The molecule has 0 saturated carbocycles. The maximum absolute atomic E-state index is 11.5. The average molecular weight is 310 g/mol. The molecule has 11 heteroatoms. The van der Waals surface area contributed by atoms with Gasteiger partial charge in [0.1, 0.15) is 11.4 Å². The van der Waals surface area contributed by atoms with Crippen molar-refractivity contribution in [1.29, 1.82) is 0 Å². The molecule has 19 heavy (non-hydrogen) atoms. The fourth-order valence-electron chi connectivity index (χ4n) is 1.38. The van der Waals surface area contributed by atoms with Gasteiger partial charge in [0.15, 0.2) is 0 Å². The first-order chi connectivity index (χ1) is 8.44. The van der Waals surface area contributed by atoms with Gasteiger partial charge in [0.2, 0.25) is 20.0 Å². The van der Waals surface area contributed by atoms with Crippen LogP contribution in [0.3, 0.4) is 0 Å². The van der Waals surface area contributed by atoms with Gasteiger partial charge in [0, 0.05) is 6.07 Å². The highest BCUT2D eigenvalue weighted by Crippen LogP contribution is 2.33. The van der Waals surface area contributed by atoms with E-state index in [0.29, 0.717) is 18.6 Å². The Bertz CT molecular complexity index is 691. The zero-order chi connectivity index (χ0) is 15.0. The first kappa shape index (κ1) is 15.2. The summed E-state index contributed by atoms with van der Waals surface area (Å²) in [7, 11) is -8.43. The Hall–Kier alpha value is -1.88. The molecule has 0 heterocycles. The van der Waals surface area contributed by atoms with E-state index in [4.69, 9.17) is 0 Å². The molecule has 0 atom stereocenters. The topological polar surface area (TPSA) is 135 Å². The van der Waals surface area contributed by atoms with E-state index in [1.165, 1.54) is 0 Å². The predicted octanol–water partition coefficient (Wildman–Crippen LogP) is 0.0260. The van der Waals surface area contributed by atoms with Crippen LogP contribution in [-0.2, 0) is 20.0 Å². The van der Waals surface area contributed by atoms with Crippen molar-refractivity contribution in [3.05, 3.63) is 28.3 Å². The minimum atomic E-state index is -4.22. The molecule has 0 aliphatic heterocycles.